The molecule has 3 rings (SSSR count). The van der Waals surface area contributed by atoms with E-state index in [-0.39, 0.29) is 11.7 Å². The van der Waals surface area contributed by atoms with Gasteiger partial charge in [0.05, 0.1) is 0 Å². The van der Waals surface area contributed by atoms with Gasteiger partial charge < -0.3 is 4.98 Å². The summed E-state index contributed by atoms with van der Waals surface area (Å²) in [5, 5.41) is 1.16. The Balaban J connectivity index is 1.88. The lowest BCUT2D eigenvalue weighted by atomic mass is 9.92. The Hall–Kier alpha value is -2.35. The third kappa shape index (κ3) is 2.75. The van der Waals surface area contributed by atoms with Crippen molar-refractivity contribution in [3.05, 3.63) is 71.4 Å². The Morgan fingerprint density at radius 3 is 2.67 bits per heavy atom. The normalized spacial score (nSPS) is 12.5. The molecule has 0 saturated carbocycles. The fourth-order valence-electron chi connectivity index (χ4n) is 2.74. The van der Waals surface area contributed by atoms with Gasteiger partial charge >= 0.3 is 0 Å². The molecule has 3 aromatic rings. The van der Waals surface area contributed by atoms with Crippen LogP contribution in [0, 0.1) is 6.92 Å². The third-order valence-electron chi connectivity index (χ3n) is 4.04. The van der Waals surface area contributed by atoms with Crippen LogP contribution in [0.4, 0.5) is 0 Å². The van der Waals surface area contributed by atoms with Gasteiger partial charge in [0.25, 0.3) is 0 Å². The first-order valence-electron chi connectivity index (χ1n) is 7.29. The molecule has 2 heteroatoms. The summed E-state index contributed by atoms with van der Waals surface area (Å²) in [4.78, 5) is 15.8. The van der Waals surface area contributed by atoms with E-state index in [0.29, 0.717) is 6.42 Å². The Morgan fingerprint density at radius 1 is 1.14 bits per heavy atom. The highest BCUT2D eigenvalue weighted by atomic mass is 16.1. The standard InChI is InChI=1S/C19H19NO/c1-13-8-9-18-16(10-13)17(12-20-18)14(2)19(21)11-15-6-4-3-5-7-15/h3-10,12,14,20H,11H2,1-2H3. The summed E-state index contributed by atoms with van der Waals surface area (Å²) >= 11 is 0. The number of benzene rings is 2. The number of ketones is 1. The van der Waals surface area contributed by atoms with Crippen LogP contribution in [0.1, 0.15) is 29.5 Å². The molecule has 0 amide bonds. The van der Waals surface area contributed by atoms with Crippen molar-refractivity contribution in [2.24, 2.45) is 0 Å². The van der Waals surface area contributed by atoms with Gasteiger partial charge in [0.2, 0.25) is 0 Å². The van der Waals surface area contributed by atoms with Gasteiger partial charge in [0.1, 0.15) is 5.78 Å². The van der Waals surface area contributed by atoms with E-state index < -0.39 is 0 Å². The van der Waals surface area contributed by atoms with Crippen molar-refractivity contribution in [1.29, 1.82) is 0 Å². The van der Waals surface area contributed by atoms with Gasteiger partial charge in [-0.05, 0) is 30.2 Å². The minimum Gasteiger partial charge on any atom is -0.361 e. The molecule has 0 saturated heterocycles. The van der Waals surface area contributed by atoms with Crippen molar-refractivity contribution in [3.8, 4) is 0 Å². The lowest BCUT2D eigenvalue weighted by Crippen LogP contribution is -2.11. The first kappa shape index (κ1) is 13.6. The highest BCUT2D eigenvalue weighted by Crippen LogP contribution is 2.27. The van der Waals surface area contributed by atoms with E-state index in [1.165, 1.54) is 5.56 Å². The van der Waals surface area contributed by atoms with Crippen molar-refractivity contribution < 1.29 is 4.79 Å². The first-order chi connectivity index (χ1) is 10.1. The molecule has 0 bridgehead atoms. The number of Topliss-reactive ketones (excluding diaryl/α,β-unsaturated/α-hetero) is 1. The zero-order valence-corrected chi connectivity index (χ0v) is 12.4. The molecule has 1 N–H and O–H groups in total. The van der Waals surface area contributed by atoms with Crippen LogP contribution >= 0.6 is 0 Å². The van der Waals surface area contributed by atoms with Crippen molar-refractivity contribution >= 4 is 16.7 Å². The van der Waals surface area contributed by atoms with E-state index in [0.717, 1.165) is 22.0 Å². The lowest BCUT2D eigenvalue weighted by Gasteiger charge is -2.10. The lowest BCUT2D eigenvalue weighted by molar-refractivity contribution is -0.119. The van der Waals surface area contributed by atoms with Crippen LogP contribution in [-0.2, 0) is 11.2 Å². The predicted molar refractivity (Wildman–Crippen MR) is 86.6 cm³/mol. The largest absolute Gasteiger partial charge is 0.361 e. The Labute approximate surface area is 124 Å². The third-order valence-corrected chi connectivity index (χ3v) is 4.04. The fraction of sp³-hybridized carbons (Fsp3) is 0.211. The van der Waals surface area contributed by atoms with Gasteiger partial charge in [-0.15, -0.1) is 0 Å². The van der Waals surface area contributed by atoms with Crippen LogP contribution in [-0.4, -0.2) is 10.8 Å². The van der Waals surface area contributed by atoms with Crippen LogP contribution in [0.25, 0.3) is 10.9 Å². The minimum absolute atomic E-state index is 0.0965. The van der Waals surface area contributed by atoms with Crippen LogP contribution in [0.3, 0.4) is 0 Å². The Kier molecular flexibility index (Phi) is 3.61. The molecule has 0 spiro atoms. The first-order valence-corrected chi connectivity index (χ1v) is 7.29. The van der Waals surface area contributed by atoms with E-state index in [1.807, 2.05) is 43.5 Å². The maximum Gasteiger partial charge on any atom is 0.144 e. The van der Waals surface area contributed by atoms with Gasteiger partial charge in [-0.25, -0.2) is 0 Å². The zero-order chi connectivity index (χ0) is 14.8. The van der Waals surface area contributed by atoms with E-state index in [1.54, 1.807) is 0 Å². The average molecular weight is 277 g/mol. The molecule has 0 aliphatic heterocycles. The summed E-state index contributed by atoms with van der Waals surface area (Å²) in [6, 6.07) is 16.2. The quantitative estimate of drug-likeness (QED) is 0.753. The second-order valence-corrected chi connectivity index (χ2v) is 5.64. The average Bonchev–Trinajstić information content (AvgIpc) is 2.90. The number of fused-ring (bicyclic) bond motifs is 1. The maximum absolute atomic E-state index is 12.5. The Bertz CT molecular complexity index is 771. The maximum atomic E-state index is 12.5. The van der Waals surface area contributed by atoms with Crippen molar-refractivity contribution in [2.75, 3.05) is 0 Å². The second-order valence-electron chi connectivity index (χ2n) is 5.64. The molecule has 2 aromatic carbocycles. The van der Waals surface area contributed by atoms with Crippen molar-refractivity contribution in [2.45, 2.75) is 26.2 Å². The summed E-state index contributed by atoms with van der Waals surface area (Å²) in [5.74, 6) is 0.157. The molecule has 0 fully saturated rings. The number of H-pyrrole nitrogens is 1. The number of carbonyl (C=O) groups is 1. The Morgan fingerprint density at radius 2 is 1.90 bits per heavy atom. The topological polar surface area (TPSA) is 32.9 Å². The monoisotopic (exact) mass is 277 g/mol. The fourth-order valence-corrected chi connectivity index (χ4v) is 2.74. The molecule has 1 atom stereocenters. The van der Waals surface area contributed by atoms with Gasteiger partial charge in [0.15, 0.2) is 0 Å². The van der Waals surface area contributed by atoms with E-state index in [2.05, 4.69) is 30.1 Å². The number of nitrogens with one attached hydrogen (secondary N) is 1. The summed E-state index contributed by atoms with van der Waals surface area (Å²) in [6.07, 6.45) is 2.46. The predicted octanol–water partition coefficient (Wildman–Crippen LogP) is 4.39. The van der Waals surface area contributed by atoms with Crippen molar-refractivity contribution in [3.63, 3.8) is 0 Å². The summed E-state index contributed by atoms with van der Waals surface area (Å²) in [6.45, 7) is 4.07. The molecule has 1 aromatic heterocycles. The van der Waals surface area contributed by atoms with Crippen LogP contribution < -0.4 is 0 Å². The molecule has 0 aliphatic rings. The number of aryl methyl sites for hydroxylation is 1. The van der Waals surface area contributed by atoms with Gasteiger partial charge in [-0.3, -0.25) is 4.79 Å². The van der Waals surface area contributed by atoms with Gasteiger partial charge in [0, 0.05) is 29.4 Å². The number of hydrogen-bond acceptors (Lipinski definition) is 1. The molecule has 1 unspecified atom stereocenters. The molecule has 0 aliphatic carbocycles. The number of carbonyl (C=O) groups excluding carboxylic acids is 1. The van der Waals surface area contributed by atoms with Crippen LogP contribution in [0.5, 0.6) is 0 Å². The van der Waals surface area contributed by atoms with E-state index in [9.17, 15) is 4.79 Å². The molecule has 0 radical (unpaired) electrons. The summed E-state index contributed by atoms with van der Waals surface area (Å²) < 4.78 is 0. The number of aromatic amines is 1. The highest BCUT2D eigenvalue weighted by molar-refractivity contribution is 5.93. The minimum atomic E-state index is -0.0965. The smallest absolute Gasteiger partial charge is 0.144 e. The molecule has 106 valence electrons. The molecule has 1 heterocycles. The molecule has 21 heavy (non-hydrogen) atoms. The highest BCUT2D eigenvalue weighted by Gasteiger charge is 2.19. The van der Waals surface area contributed by atoms with Gasteiger partial charge in [-0.1, -0.05) is 48.9 Å². The van der Waals surface area contributed by atoms with E-state index in [4.69, 9.17) is 0 Å². The summed E-state index contributed by atoms with van der Waals surface area (Å²) in [5.41, 5.74) is 4.47. The molecular formula is C19H19NO. The van der Waals surface area contributed by atoms with E-state index >= 15 is 0 Å². The summed E-state index contributed by atoms with van der Waals surface area (Å²) in [7, 11) is 0. The SMILES string of the molecule is Cc1ccc2[nH]cc(C(C)C(=O)Cc3ccccc3)c2c1. The van der Waals surface area contributed by atoms with Crippen LogP contribution in [0.2, 0.25) is 0 Å². The molecular weight excluding hydrogens is 258 g/mol. The number of hydrogen-bond donors (Lipinski definition) is 1. The van der Waals surface area contributed by atoms with Crippen molar-refractivity contribution in [1.82, 2.24) is 4.98 Å². The van der Waals surface area contributed by atoms with Gasteiger partial charge in [-0.2, -0.15) is 0 Å². The van der Waals surface area contributed by atoms with Crippen LogP contribution in [0.15, 0.2) is 54.7 Å². The number of rotatable bonds is 4. The number of aromatic nitrogens is 1. The molecule has 2 nitrogen and oxygen atoms in total. The zero-order valence-electron chi connectivity index (χ0n) is 12.4. The second kappa shape index (κ2) is 5.57.